The summed E-state index contributed by atoms with van der Waals surface area (Å²) in [5.41, 5.74) is 4.80. The molecule has 2 N–H and O–H groups in total. The molecule has 7 nitrogen and oxygen atoms in total. The third kappa shape index (κ3) is 3.96. The van der Waals surface area contributed by atoms with Crippen LogP contribution in [0.1, 0.15) is 27.8 Å². The number of nitrogens with one attached hydrogen (secondary N) is 2. The second-order valence-electron chi connectivity index (χ2n) is 5.55. The maximum Gasteiger partial charge on any atom is 0.290 e. The number of nitrogens with zero attached hydrogens (tertiary/aromatic N) is 2. The van der Waals surface area contributed by atoms with Crippen LogP contribution in [0.4, 0.5) is 0 Å². The molecule has 0 aliphatic rings. The fourth-order valence-electron chi connectivity index (χ4n) is 2.53. The highest BCUT2D eigenvalue weighted by molar-refractivity contribution is 14.1. The first-order valence-electron chi connectivity index (χ1n) is 7.98. The summed E-state index contributed by atoms with van der Waals surface area (Å²) in [5, 5.41) is 5.33. The average Bonchev–Trinajstić information content (AvgIpc) is 2.68. The first kappa shape index (κ1) is 19.3. The predicted molar refractivity (Wildman–Crippen MR) is 111 cm³/mol. The number of hydrazine groups is 1. The molecule has 0 radical (unpaired) electrons. The lowest BCUT2D eigenvalue weighted by Gasteiger charge is -2.11. The van der Waals surface area contributed by atoms with Crippen molar-refractivity contribution >= 4 is 56.8 Å². The first-order valence-corrected chi connectivity index (χ1v) is 9.43. The summed E-state index contributed by atoms with van der Waals surface area (Å²) in [5.74, 6) is -1.14. The van der Waals surface area contributed by atoms with Gasteiger partial charge in [-0.15, -0.1) is 0 Å². The van der Waals surface area contributed by atoms with Gasteiger partial charge in [0.2, 0.25) is 0 Å². The number of benzene rings is 2. The normalized spacial score (nSPS) is 10.6. The smallest absolute Gasteiger partial charge is 0.267 e. The Morgan fingerprint density at radius 3 is 2.48 bits per heavy atom. The third-order valence-corrected chi connectivity index (χ3v) is 5.02. The maximum atomic E-state index is 12.6. The molecule has 0 saturated heterocycles. The number of aryl methyl sites for hydroxylation is 1. The third-order valence-electron chi connectivity index (χ3n) is 3.84. The molecule has 2 amide bonds. The van der Waals surface area contributed by atoms with E-state index in [0.29, 0.717) is 31.5 Å². The van der Waals surface area contributed by atoms with E-state index >= 15 is 0 Å². The Labute approximate surface area is 172 Å². The fourth-order valence-corrected chi connectivity index (χ4v) is 3.28. The molecule has 1 aromatic heterocycles. The van der Waals surface area contributed by atoms with E-state index in [4.69, 9.17) is 11.6 Å². The molecule has 138 valence electrons. The number of amides is 2. The zero-order valence-electron chi connectivity index (χ0n) is 14.1. The van der Waals surface area contributed by atoms with Gasteiger partial charge >= 0.3 is 0 Å². The lowest BCUT2D eigenvalue weighted by atomic mass is 10.1. The largest absolute Gasteiger partial charge is 0.290 e. The van der Waals surface area contributed by atoms with E-state index in [0.717, 1.165) is 0 Å². The van der Waals surface area contributed by atoms with Gasteiger partial charge in [-0.05, 0) is 53.8 Å². The highest BCUT2D eigenvalue weighted by Crippen LogP contribution is 2.18. The van der Waals surface area contributed by atoms with Gasteiger partial charge < -0.3 is 0 Å². The van der Waals surface area contributed by atoms with Crippen LogP contribution >= 0.6 is 34.2 Å². The van der Waals surface area contributed by atoms with Crippen molar-refractivity contribution in [3.63, 3.8) is 0 Å². The van der Waals surface area contributed by atoms with Gasteiger partial charge in [0.05, 0.1) is 10.9 Å². The molecule has 0 atom stereocenters. The van der Waals surface area contributed by atoms with Gasteiger partial charge in [0.25, 0.3) is 17.4 Å². The number of hydrogen-bond donors (Lipinski definition) is 2. The Kier molecular flexibility index (Phi) is 5.76. The van der Waals surface area contributed by atoms with Crippen molar-refractivity contribution in [2.24, 2.45) is 0 Å². The molecule has 27 heavy (non-hydrogen) atoms. The predicted octanol–water partition coefficient (Wildman–Crippen LogP) is 2.75. The second kappa shape index (κ2) is 8.05. The monoisotopic (exact) mass is 496 g/mol. The maximum absolute atomic E-state index is 12.6. The minimum atomic E-state index is -0.626. The van der Waals surface area contributed by atoms with E-state index in [-0.39, 0.29) is 11.3 Å². The number of fused-ring (bicyclic) bond motifs is 1. The van der Waals surface area contributed by atoms with E-state index in [9.17, 15) is 14.4 Å². The van der Waals surface area contributed by atoms with Crippen LogP contribution < -0.4 is 16.4 Å². The summed E-state index contributed by atoms with van der Waals surface area (Å²) in [6.45, 7) is 2.07. The van der Waals surface area contributed by atoms with Gasteiger partial charge in [-0.25, -0.2) is 4.68 Å². The summed E-state index contributed by atoms with van der Waals surface area (Å²) < 4.78 is 1.89. The summed E-state index contributed by atoms with van der Waals surface area (Å²) >= 11 is 7.92. The molecule has 1 heterocycles. The quantitative estimate of drug-likeness (QED) is 0.431. The van der Waals surface area contributed by atoms with Crippen LogP contribution in [-0.4, -0.2) is 21.6 Å². The van der Waals surface area contributed by atoms with Crippen LogP contribution in [0.25, 0.3) is 10.8 Å². The standard InChI is InChI=1S/C18H14ClIN4O3/c1-2-24-18(27)12-6-4-3-5-11(12)15(23-24)17(26)22-21-16(25)13-9-10(19)7-8-14(13)20/h3-9H,2H2,1H3,(H,21,25)(H,22,26). The van der Waals surface area contributed by atoms with Crippen molar-refractivity contribution < 1.29 is 9.59 Å². The van der Waals surface area contributed by atoms with E-state index in [1.807, 2.05) is 22.6 Å². The van der Waals surface area contributed by atoms with Gasteiger partial charge in [-0.2, -0.15) is 5.10 Å². The van der Waals surface area contributed by atoms with Crippen LogP contribution in [0, 0.1) is 3.57 Å². The topological polar surface area (TPSA) is 93.1 Å². The second-order valence-corrected chi connectivity index (χ2v) is 7.15. The van der Waals surface area contributed by atoms with Crippen LogP contribution in [0.15, 0.2) is 47.3 Å². The van der Waals surface area contributed by atoms with Crippen molar-refractivity contribution in [2.45, 2.75) is 13.5 Å². The van der Waals surface area contributed by atoms with E-state index in [1.165, 1.54) is 10.7 Å². The average molecular weight is 497 g/mol. The number of rotatable bonds is 3. The Hall–Kier alpha value is -2.46. The molecule has 3 aromatic rings. The molecular formula is C18H14ClIN4O3. The summed E-state index contributed by atoms with van der Waals surface area (Å²) in [6, 6.07) is 11.6. The van der Waals surface area contributed by atoms with Crippen LogP contribution in [0.5, 0.6) is 0 Å². The van der Waals surface area contributed by atoms with Crippen molar-refractivity contribution in [3.8, 4) is 0 Å². The number of aromatic nitrogens is 2. The van der Waals surface area contributed by atoms with Crippen LogP contribution in [0.3, 0.4) is 0 Å². The van der Waals surface area contributed by atoms with Crippen molar-refractivity contribution in [1.29, 1.82) is 0 Å². The molecule has 0 bridgehead atoms. The molecular weight excluding hydrogens is 483 g/mol. The van der Waals surface area contributed by atoms with Gasteiger partial charge in [0.15, 0.2) is 5.69 Å². The Morgan fingerprint density at radius 2 is 1.78 bits per heavy atom. The molecule has 0 saturated carbocycles. The van der Waals surface area contributed by atoms with E-state index in [1.54, 1.807) is 43.3 Å². The minimum absolute atomic E-state index is 0.0492. The van der Waals surface area contributed by atoms with Crippen molar-refractivity contribution in [2.75, 3.05) is 0 Å². The molecule has 0 aliphatic carbocycles. The summed E-state index contributed by atoms with van der Waals surface area (Å²) in [6.07, 6.45) is 0. The van der Waals surface area contributed by atoms with Gasteiger partial charge in [0, 0.05) is 20.5 Å². The number of carbonyl (C=O) groups excluding carboxylic acids is 2. The molecule has 2 aromatic carbocycles. The van der Waals surface area contributed by atoms with Crippen molar-refractivity contribution in [3.05, 3.63) is 72.7 Å². The Morgan fingerprint density at radius 1 is 1.11 bits per heavy atom. The number of carbonyl (C=O) groups is 2. The Bertz CT molecular complexity index is 1110. The van der Waals surface area contributed by atoms with Crippen LogP contribution in [0.2, 0.25) is 5.02 Å². The summed E-state index contributed by atoms with van der Waals surface area (Å²) in [7, 11) is 0. The number of hydrogen-bond acceptors (Lipinski definition) is 4. The minimum Gasteiger partial charge on any atom is -0.267 e. The van der Waals surface area contributed by atoms with Crippen molar-refractivity contribution in [1.82, 2.24) is 20.6 Å². The summed E-state index contributed by atoms with van der Waals surface area (Å²) in [4.78, 5) is 37.3. The van der Waals surface area contributed by atoms with E-state index < -0.39 is 11.8 Å². The van der Waals surface area contributed by atoms with Gasteiger partial charge in [-0.1, -0.05) is 29.8 Å². The molecule has 0 unspecified atom stereocenters. The molecule has 3 rings (SSSR count). The van der Waals surface area contributed by atoms with Crippen LogP contribution in [-0.2, 0) is 6.54 Å². The molecule has 0 fully saturated rings. The lowest BCUT2D eigenvalue weighted by Crippen LogP contribution is -2.43. The molecule has 0 aliphatic heterocycles. The number of halogens is 2. The highest BCUT2D eigenvalue weighted by atomic mass is 127. The zero-order chi connectivity index (χ0) is 19.6. The van der Waals surface area contributed by atoms with Gasteiger partial charge in [-0.3, -0.25) is 25.2 Å². The van der Waals surface area contributed by atoms with Gasteiger partial charge in [0.1, 0.15) is 0 Å². The molecule has 9 heteroatoms. The fraction of sp³-hybridized carbons (Fsp3) is 0.111. The Balaban J connectivity index is 1.89. The SMILES string of the molecule is CCn1nc(C(=O)NNC(=O)c2cc(Cl)ccc2I)c2ccccc2c1=O. The van der Waals surface area contributed by atoms with E-state index in [2.05, 4.69) is 16.0 Å². The zero-order valence-corrected chi connectivity index (χ0v) is 17.0. The molecule has 0 spiro atoms. The highest BCUT2D eigenvalue weighted by Gasteiger charge is 2.18. The lowest BCUT2D eigenvalue weighted by molar-refractivity contribution is 0.0843. The first-order chi connectivity index (χ1) is 12.9.